The van der Waals surface area contributed by atoms with Crippen LogP contribution in [0.15, 0.2) is 18.2 Å². The summed E-state index contributed by atoms with van der Waals surface area (Å²) < 4.78 is 0. The number of rotatable bonds is 5. The molecule has 1 aromatic carbocycles. The van der Waals surface area contributed by atoms with Crippen LogP contribution in [0.5, 0.6) is 0 Å². The molecule has 0 bridgehead atoms. The van der Waals surface area contributed by atoms with Crippen LogP contribution in [0.2, 0.25) is 0 Å². The predicted octanol–water partition coefficient (Wildman–Crippen LogP) is 2.93. The molecule has 1 aliphatic rings. The van der Waals surface area contributed by atoms with E-state index in [1.54, 1.807) is 19.1 Å². The van der Waals surface area contributed by atoms with E-state index in [-0.39, 0.29) is 22.8 Å². The Morgan fingerprint density at radius 3 is 2.67 bits per heavy atom. The molecule has 1 aromatic rings. The molecular formula is C16H24N2O3. The van der Waals surface area contributed by atoms with Gasteiger partial charge in [-0.2, -0.15) is 0 Å². The molecule has 21 heavy (non-hydrogen) atoms. The zero-order valence-electron chi connectivity index (χ0n) is 12.8. The van der Waals surface area contributed by atoms with Gasteiger partial charge in [0.15, 0.2) is 0 Å². The Labute approximate surface area is 125 Å². The lowest BCUT2D eigenvalue weighted by molar-refractivity contribution is -0.385. The first-order valence-corrected chi connectivity index (χ1v) is 7.55. The highest BCUT2D eigenvalue weighted by Gasteiger charge is 2.33. The number of nitrogens with zero attached hydrogens (tertiary/aromatic N) is 1. The third-order valence-electron chi connectivity index (χ3n) is 4.67. The highest BCUT2D eigenvalue weighted by molar-refractivity contribution is 5.42. The van der Waals surface area contributed by atoms with E-state index in [0.29, 0.717) is 18.0 Å². The number of aryl methyl sites for hydroxylation is 1. The van der Waals surface area contributed by atoms with Crippen LogP contribution >= 0.6 is 0 Å². The van der Waals surface area contributed by atoms with Crippen molar-refractivity contribution in [2.75, 3.05) is 6.61 Å². The summed E-state index contributed by atoms with van der Waals surface area (Å²) in [6, 6.07) is 5.31. The molecule has 0 spiro atoms. The van der Waals surface area contributed by atoms with Gasteiger partial charge >= 0.3 is 0 Å². The van der Waals surface area contributed by atoms with E-state index in [1.807, 2.05) is 6.07 Å². The Morgan fingerprint density at radius 1 is 1.43 bits per heavy atom. The van der Waals surface area contributed by atoms with Crippen LogP contribution in [0.1, 0.15) is 43.7 Å². The van der Waals surface area contributed by atoms with Crippen molar-refractivity contribution in [3.63, 3.8) is 0 Å². The minimum atomic E-state index is -0.344. The van der Waals surface area contributed by atoms with Gasteiger partial charge in [-0.1, -0.05) is 19.1 Å². The van der Waals surface area contributed by atoms with Gasteiger partial charge in [0.2, 0.25) is 0 Å². The summed E-state index contributed by atoms with van der Waals surface area (Å²) in [4.78, 5) is 10.6. The minimum Gasteiger partial charge on any atom is -0.394 e. The molecule has 2 N–H and O–H groups in total. The van der Waals surface area contributed by atoms with Gasteiger partial charge in [-0.15, -0.1) is 0 Å². The van der Waals surface area contributed by atoms with E-state index < -0.39 is 0 Å². The first-order valence-electron chi connectivity index (χ1n) is 7.55. The number of nitro groups is 1. The summed E-state index contributed by atoms with van der Waals surface area (Å²) >= 11 is 0. The van der Waals surface area contributed by atoms with Gasteiger partial charge in [-0.05, 0) is 44.1 Å². The number of aliphatic hydroxyl groups is 1. The number of nitro benzene ring substituents is 1. The smallest absolute Gasteiger partial charge is 0.272 e. The second kappa shape index (κ2) is 6.54. The Bertz CT molecular complexity index is 508. The standard InChI is InChI=1S/C16H24N2O3/c1-12-5-7-16(11-19,8-6-12)17-10-14-4-3-13(2)15(9-14)18(20)21/h3-4,9,12,17,19H,5-8,10-11H2,1-2H3. The van der Waals surface area contributed by atoms with Gasteiger partial charge < -0.3 is 10.4 Å². The number of hydrogen-bond donors (Lipinski definition) is 2. The summed E-state index contributed by atoms with van der Waals surface area (Å²) in [5, 5.41) is 24.1. The molecule has 0 unspecified atom stereocenters. The van der Waals surface area contributed by atoms with E-state index in [4.69, 9.17) is 0 Å². The summed E-state index contributed by atoms with van der Waals surface area (Å²) in [5.41, 5.74) is 1.49. The number of aliphatic hydroxyl groups excluding tert-OH is 1. The first-order chi connectivity index (χ1) is 9.96. The number of benzene rings is 1. The largest absolute Gasteiger partial charge is 0.394 e. The zero-order chi connectivity index (χ0) is 15.5. The second-order valence-corrected chi connectivity index (χ2v) is 6.35. The molecule has 0 heterocycles. The molecule has 0 amide bonds. The third kappa shape index (κ3) is 3.80. The van der Waals surface area contributed by atoms with Crippen molar-refractivity contribution in [2.24, 2.45) is 5.92 Å². The fourth-order valence-corrected chi connectivity index (χ4v) is 2.96. The zero-order valence-corrected chi connectivity index (χ0v) is 12.8. The first kappa shape index (κ1) is 15.9. The van der Waals surface area contributed by atoms with Crippen molar-refractivity contribution in [3.05, 3.63) is 39.4 Å². The van der Waals surface area contributed by atoms with Gasteiger partial charge in [0.05, 0.1) is 11.5 Å². The molecule has 0 radical (unpaired) electrons. The Balaban J connectivity index is 2.05. The normalized spacial score (nSPS) is 25.8. The molecule has 5 nitrogen and oxygen atoms in total. The SMILES string of the molecule is Cc1ccc(CNC2(CO)CCC(C)CC2)cc1[N+](=O)[O-]. The number of nitrogens with one attached hydrogen (secondary N) is 1. The average Bonchev–Trinajstić information content (AvgIpc) is 2.48. The van der Waals surface area contributed by atoms with Crippen molar-refractivity contribution < 1.29 is 10.0 Å². The van der Waals surface area contributed by atoms with Crippen molar-refractivity contribution in [3.8, 4) is 0 Å². The molecule has 1 aliphatic carbocycles. The molecule has 1 fully saturated rings. The van der Waals surface area contributed by atoms with E-state index in [9.17, 15) is 15.2 Å². The van der Waals surface area contributed by atoms with Crippen molar-refractivity contribution >= 4 is 5.69 Å². The monoisotopic (exact) mass is 292 g/mol. The Kier molecular flexibility index (Phi) is 4.96. The highest BCUT2D eigenvalue weighted by atomic mass is 16.6. The van der Waals surface area contributed by atoms with Gasteiger partial charge in [0.1, 0.15) is 0 Å². The summed E-state index contributed by atoms with van der Waals surface area (Å²) in [6.07, 6.45) is 4.14. The lowest BCUT2D eigenvalue weighted by Gasteiger charge is -2.39. The van der Waals surface area contributed by atoms with Gasteiger partial charge in [-0.25, -0.2) is 0 Å². The fraction of sp³-hybridized carbons (Fsp3) is 0.625. The van der Waals surface area contributed by atoms with Crippen molar-refractivity contribution in [1.82, 2.24) is 5.32 Å². The predicted molar refractivity (Wildman–Crippen MR) is 82.1 cm³/mol. The van der Waals surface area contributed by atoms with Gasteiger partial charge in [-0.3, -0.25) is 10.1 Å². The van der Waals surface area contributed by atoms with Crippen LogP contribution in [0.25, 0.3) is 0 Å². The molecule has 0 atom stereocenters. The van der Waals surface area contributed by atoms with E-state index in [2.05, 4.69) is 12.2 Å². The second-order valence-electron chi connectivity index (χ2n) is 6.35. The van der Waals surface area contributed by atoms with Crippen LogP contribution in [-0.2, 0) is 6.54 Å². The van der Waals surface area contributed by atoms with Crippen LogP contribution < -0.4 is 5.32 Å². The van der Waals surface area contributed by atoms with Crippen LogP contribution in [0.3, 0.4) is 0 Å². The van der Waals surface area contributed by atoms with E-state index in [1.165, 1.54) is 0 Å². The van der Waals surface area contributed by atoms with Crippen LogP contribution in [0, 0.1) is 23.0 Å². The minimum absolute atomic E-state index is 0.119. The maximum absolute atomic E-state index is 11.0. The third-order valence-corrected chi connectivity index (χ3v) is 4.67. The van der Waals surface area contributed by atoms with E-state index >= 15 is 0 Å². The molecular weight excluding hydrogens is 268 g/mol. The van der Waals surface area contributed by atoms with Gasteiger partial charge in [0, 0.05) is 23.7 Å². The quantitative estimate of drug-likeness (QED) is 0.646. The van der Waals surface area contributed by atoms with Gasteiger partial charge in [0.25, 0.3) is 5.69 Å². The summed E-state index contributed by atoms with van der Waals surface area (Å²) in [7, 11) is 0. The molecule has 5 heteroatoms. The molecule has 0 saturated heterocycles. The fourth-order valence-electron chi connectivity index (χ4n) is 2.96. The van der Waals surface area contributed by atoms with Crippen molar-refractivity contribution in [2.45, 2.75) is 51.6 Å². The molecule has 0 aromatic heterocycles. The number of hydrogen-bond acceptors (Lipinski definition) is 4. The Hall–Kier alpha value is -1.46. The maximum atomic E-state index is 11.0. The molecule has 0 aliphatic heterocycles. The molecule has 2 rings (SSSR count). The maximum Gasteiger partial charge on any atom is 0.272 e. The van der Waals surface area contributed by atoms with Crippen LogP contribution in [0.4, 0.5) is 5.69 Å². The highest BCUT2D eigenvalue weighted by Crippen LogP contribution is 2.32. The van der Waals surface area contributed by atoms with Crippen LogP contribution in [-0.4, -0.2) is 22.2 Å². The summed E-state index contributed by atoms with van der Waals surface area (Å²) in [6.45, 7) is 4.65. The molecule has 116 valence electrons. The topological polar surface area (TPSA) is 75.4 Å². The lowest BCUT2D eigenvalue weighted by atomic mass is 9.77. The average molecular weight is 292 g/mol. The van der Waals surface area contributed by atoms with E-state index in [0.717, 1.165) is 31.2 Å². The Morgan fingerprint density at radius 2 is 2.10 bits per heavy atom. The lowest BCUT2D eigenvalue weighted by Crippen LogP contribution is -2.50. The van der Waals surface area contributed by atoms with Crippen molar-refractivity contribution in [1.29, 1.82) is 0 Å². The molecule has 1 saturated carbocycles. The summed E-state index contributed by atoms with van der Waals surface area (Å²) in [5.74, 6) is 0.715.